The third-order valence-electron chi connectivity index (χ3n) is 9.64. The minimum atomic E-state index is -0.608. The van der Waals surface area contributed by atoms with Crippen molar-refractivity contribution in [1.82, 2.24) is 20.0 Å². The van der Waals surface area contributed by atoms with Crippen molar-refractivity contribution in [2.45, 2.75) is 65.4 Å². The number of aryl methyl sites for hydroxylation is 1. The maximum atomic E-state index is 14.0. The molecule has 3 aromatic carbocycles. The molecule has 0 atom stereocenters. The number of benzene rings is 3. The second-order valence-electron chi connectivity index (χ2n) is 16.0. The van der Waals surface area contributed by atoms with Gasteiger partial charge in [-0.2, -0.15) is 0 Å². The fraction of sp³-hybridized carbons (Fsp3) is 0.489. The summed E-state index contributed by atoms with van der Waals surface area (Å²) >= 11 is 0. The van der Waals surface area contributed by atoms with Gasteiger partial charge in [-0.25, -0.2) is 4.79 Å². The minimum Gasteiger partial charge on any atom is -0.493 e. The molecule has 15 nitrogen and oxygen atoms in total. The fourth-order valence-corrected chi connectivity index (χ4v) is 6.14. The van der Waals surface area contributed by atoms with E-state index in [1.807, 2.05) is 30.0 Å². The number of piperazine rings is 1. The molecule has 0 radical (unpaired) electrons. The largest absolute Gasteiger partial charge is 0.493 e. The average Bonchev–Trinajstić information content (AvgIpc) is 3.20. The van der Waals surface area contributed by atoms with E-state index in [2.05, 4.69) is 22.6 Å². The number of hydrogen-bond acceptors (Lipinski definition) is 10. The molecule has 1 saturated heterocycles. The third kappa shape index (κ3) is 14.8. The van der Waals surface area contributed by atoms with Gasteiger partial charge in [0.15, 0.2) is 6.61 Å². The van der Waals surface area contributed by atoms with Crippen molar-refractivity contribution in [2.75, 3.05) is 91.0 Å². The van der Waals surface area contributed by atoms with Crippen molar-refractivity contribution in [2.24, 2.45) is 0 Å². The molecule has 1 fully saturated rings. The first-order valence-corrected chi connectivity index (χ1v) is 20.5. The van der Waals surface area contributed by atoms with Crippen LogP contribution < -0.4 is 29.7 Å². The molecule has 15 heteroatoms. The van der Waals surface area contributed by atoms with E-state index in [9.17, 15) is 24.0 Å². The van der Waals surface area contributed by atoms with Crippen LogP contribution in [0.4, 0.5) is 16.2 Å². The number of carbonyl (C=O) groups is 5. The number of anilines is 2. The molecule has 0 saturated carbocycles. The van der Waals surface area contributed by atoms with Gasteiger partial charge >= 0.3 is 6.09 Å². The van der Waals surface area contributed by atoms with Crippen molar-refractivity contribution >= 4 is 41.1 Å². The molecule has 5 amide bonds. The molecule has 1 aliphatic rings. The number of para-hydroxylation sites is 1. The fourth-order valence-electron chi connectivity index (χ4n) is 6.14. The lowest BCUT2D eigenvalue weighted by Gasteiger charge is -2.32. The number of unbranched alkanes of at least 4 members (excludes halogenated alkanes) is 2. The van der Waals surface area contributed by atoms with E-state index in [1.165, 1.54) is 15.9 Å². The molecule has 326 valence electrons. The van der Waals surface area contributed by atoms with Crippen molar-refractivity contribution in [1.29, 1.82) is 0 Å². The van der Waals surface area contributed by atoms with Gasteiger partial charge in [-0.3, -0.25) is 19.2 Å². The third-order valence-corrected chi connectivity index (χ3v) is 9.64. The van der Waals surface area contributed by atoms with E-state index < -0.39 is 17.6 Å². The predicted molar refractivity (Wildman–Crippen MR) is 231 cm³/mol. The first-order valence-electron chi connectivity index (χ1n) is 20.5. The number of rotatable bonds is 19. The Morgan fingerprint density at radius 3 is 2.18 bits per heavy atom. The molecule has 1 heterocycles. The van der Waals surface area contributed by atoms with E-state index in [1.54, 1.807) is 78.3 Å². The van der Waals surface area contributed by atoms with Crippen LogP contribution in [0.3, 0.4) is 0 Å². The van der Waals surface area contributed by atoms with Crippen LogP contribution in [0.1, 0.15) is 79.2 Å². The van der Waals surface area contributed by atoms with Crippen LogP contribution in [-0.4, -0.2) is 131 Å². The Labute approximate surface area is 354 Å². The summed E-state index contributed by atoms with van der Waals surface area (Å²) in [6, 6.07) is 17.0. The van der Waals surface area contributed by atoms with Gasteiger partial charge in [0.25, 0.3) is 17.7 Å². The van der Waals surface area contributed by atoms with Gasteiger partial charge in [0.2, 0.25) is 5.91 Å². The average molecular weight is 831 g/mol. The highest BCUT2D eigenvalue weighted by molar-refractivity contribution is 6.09. The number of nitrogens with zero attached hydrogens (tertiary/aromatic N) is 4. The first kappa shape index (κ1) is 46.9. The second-order valence-corrected chi connectivity index (χ2v) is 16.0. The van der Waals surface area contributed by atoms with E-state index >= 15 is 0 Å². The van der Waals surface area contributed by atoms with Gasteiger partial charge in [-0.1, -0.05) is 18.2 Å². The molecule has 0 spiro atoms. The lowest BCUT2D eigenvalue weighted by Crippen LogP contribution is -2.47. The maximum Gasteiger partial charge on any atom is 0.407 e. The second kappa shape index (κ2) is 22.5. The SMILES string of the molecule is Cc1ccc(N(C)C(=O)c2ccc(NC(=O)c3ccccc3OCCCNC(=O)OC(C)(C)C)c(OCC(=O)N(C)C)c2)c(OCCCCCC(=O)N2CCN(C)CC2)c1. The highest BCUT2D eigenvalue weighted by atomic mass is 16.6. The smallest absolute Gasteiger partial charge is 0.407 e. The Morgan fingerprint density at radius 1 is 0.767 bits per heavy atom. The lowest BCUT2D eigenvalue weighted by atomic mass is 10.1. The number of nitrogens with one attached hydrogen (secondary N) is 2. The Balaban J connectivity index is 1.41. The highest BCUT2D eigenvalue weighted by Crippen LogP contribution is 2.33. The van der Waals surface area contributed by atoms with Crippen molar-refractivity contribution in [3.05, 3.63) is 77.4 Å². The molecule has 0 bridgehead atoms. The minimum absolute atomic E-state index is 0.121. The number of alkyl carbamates (subject to hydrolysis) is 1. The standard InChI is InChI=1S/C45H62N6O9/c1-32-18-21-36(39(29-32)58-27-13-9-10-17-40(52)51-25-23-49(7)24-26-51)50(8)43(55)33-19-20-35(38(30-33)59-31-41(53)48(5)6)47-42(54)34-15-11-12-16-37(34)57-28-14-22-46-44(56)60-45(2,3)4/h11-12,15-16,18-21,29-30H,9-10,13-14,17,22-28,31H2,1-8H3,(H,46,56)(H,47,54). The molecular formula is C45H62N6O9. The molecule has 2 N–H and O–H groups in total. The normalized spacial score (nSPS) is 12.9. The van der Waals surface area contributed by atoms with Crippen molar-refractivity contribution in [3.8, 4) is 17.2 Å². The zero-order chi connectivity index (χ0) is 43.8. The molecule has 0 unspecified atom stereocenters. The van der Waals surface area contributed by atoms with Crippen molar-refractivity contribution < 1.29 is 42.9 Å². The Hall–Kier alpha value is -5.83. The number of likely N-dealkylation sites (N-methyl/N-ethyl adjacent to an activating group) is 2. The quantitative estimate of drug-likeness (QED) is 0.137. The van der Waals surface area contributed by atoms with Crippen LogP contribution in [0.15, 0.2) is 60.7 Å². The van der Waals surface area contributed by atoms with Crippen LogP contribution in [0.25, 0.3) is 0 Å². The van der Waals surface area contributed by atoms with Gasteiger partial charge in [-0.05, 0) is 108 Å². The summed E-state index contributed by atoms with van der Waals surface area (Å²) in [6.07, 6.45) is 2.84. The predicted octanol–water partition coefficient (Wildman–Crippen LogP) is 6.00. The summed E-state index contributed by atoms with van der Waals surface area (Å²) in [5.74, 6) is 0.0242. The summed E-state index contributed by atoms with van der Waals surface area (Å²) < 4.78 is 23.3. The maximum absolute atomic E-state index is 14.0. The zero-order valence-electron chi connectivity index (χ0n) is 36.4. The monoisotopic (exact) mass is 830 g/mol. The topological polar surface area (TPSA) is 159 Å². The van der Waals surface area contributed by atoms with Gasteiger partial charge in [0, 0.05) is 65.9 Å². The van der Waals surface area contributed by atoms with Crippen molar-refractivity contribution in [3.63, 3.8) is 0 Å². The van der Waals surface area contributed by atoms with Crippen LogP contribution in [0.5, 0.6) is 17.2 Å². The van der Waals surface area contributed by atoms with E-state index in [0.717, 1.165) is 51.0 Å². The Kier molecular flexibility index (Phi) is 17.6. The number of carbonyl (C=O) groups excluding carboxylic acids is 5. The number of ether oxygens (including phenoxy) is 4. The summed E-state index contributed by atoms with van der Waals surface area (Å²) in [5.41, 5.74) is 1.67. The molecule has 4 rings (SSSR count). The highest BCUT2D eigenvalue weighted by Gasteiger charge is 2.23. The van der Waals surface area contributed by atoms with E-state index in [0.29, 0.717) is 43.2 Å². The number of hydrogen-bond donors (Lipinski definition) is 2. The lowest BCUT2D eigenvalue weighted by molar-refractivity contribution is -0.133. The van der Waals surface area contributed by atoms with E-state index in [-0.39, 0.29) is 53.5 Å². The van der Waals surface area contributed by atoms with Crippen LogP contribution >= 0.6 is 0 Å². The molecule has 3 aromatic rings. The zero-order valence-corrected chi connectivity index (χ0v) is 36.4. The van der Waals surface area contributed by atoms with Crippen LogP contribution in [0, 0.1) is 6.92 Å². The first-order chi connectivity index (χ1) is 28.5. The van der Waals surface area contributed by atoms with Gasteiger partial charge < -0.3 is 49.2 Å². The summed E-state index contributed by atoms with van der Waals surface area (Å²) in [6.45, 7) is 11.3. The molecule has 60 heavy (non-hydrogen) atoms. The molecule has 0 aliphatic carbocycles. The van der Waals surface area contributed by atoms with E-state index in [4.69, 9.17) is 18.9 Å². The summed E-state index contributed by atoms with van der Waals surface area (Å²) in [7, 11) is 6.93. The van der Waals surface area contributed by atoms with Gasteiger partial charge in [0.1, 0.15) is 22.8 Å². The summed E-state index contributed by atoms with van der Waals surface area (Å²) in [4.78, 5) is 71.9. The van der Waals surface area contributed by atoms with Gasteiger partial charge in [0.05, 0.1) is 30.2 Å². The molecule has 0 aromatic heterocycles. The van der Waals surface area contributed by atoms with Crippen LogP contribution in [-0.2, 0) is 14.3 Å². The Bertz CT molecular complexity index is 1940. The molecular weight excluding hydrogens is 769 g/mol. The van der Waals surface area contributed by atoms with Crippen LogP contribution in [0.2, 0.25) is 0 Å². The molecule has 1 aliphatic heterocycles. The Morgan fingerprint density at radius 2 is 1.47 bits per heavy atom. The van der Waals surface area contributed by atoms with Gasteiger partial charge in [-0.15, -0.1) is 0 Å². The number of amides is 5. The summed E-state index contributed by atoms with van der Waals surface area (Å²) in [5, 5.41) is 5.54.